The number of aliphatic carboxylic acids is 1. The van der Waals surface area contributed by atoms with Crippen LogP contribution in [-0.2, 0) is 4.79 Å². The molecule has 0 aromatic heterocycles. The molecule has 110 valence electrons. The molecule has 5 heteroatoms. The highest BCUT2D eigenvalue weighted by Gasteiger charge is 2.21. The van der Waals surface area contributed by atoms with Crippen LogP contribution in [0, 0.1) is 17.8 Å². The molecule has 0 saturated heterocycles. The molecule has 5 nitrogen and oxygen atoms in total. The van der Waals surface area contributed by atoms with E-state index in [4.69, 9.17) is 5.11 Å². The molecule has 0 aliphatic heterocycles. The molecule has 0 heterocycles. The number of carboxylic acids is 1. The molecule has 1 fully saturated rings. The average molecular weight is 270 g/mol. The zero-order valence-electron chi connectivity index (χ0n) is 11.9. The molecule has 1 aliphatic carbocycles. The minimum absolute atomic E-state index is 0.137. The van der Waals surface area contributed by atoms with Crippen LogP contribution in [-0.4, -0.2) is 30.2 Å². The summed E-state index contributed by atoms with van der Waals surface area (Å²) < 4.78 is 0. The quantitative estimate of drug-likeness (QED) is 0.621. The molecule has 2 amide bonds. The first kappa shape index (κ1) is 15.8. The van der Waals surface area contributed by atoms with Crippen molar-refractivity contribution in [3.05, 3.63) is 0 Å². The van der Waals surface area contributed by atoms with E-state index in [0.29, 0.717) is 25.3 Å². The largest absolute Gasteiger partial charge is 0.481 e. The van der Waals surface area contributed by atoms with Gasteiger partial charge in [0, 0.05) is 13.1 Å². The first-order chi connectivity index (χ1) is 8.99. The van der Waals surface area contributed by atoms with Gasteiger partial charge in [-0.1, -0.05) is 20.3 Å². The van der Waals surface area contributed by atoms with Crippen LogP contribution < -0.4 is 10.6 Å². The molecule has 19 heavy (non-hydrogen) atoms. The fourth-order valence-corrected chi connectivity index (χ4v) is 2.54. The van der Waals surface area contributed by atoms with E-state index in [1.165, 1.54) is 19.3 Å². The van der Waals surface area contributed by atoms with Crippen molar-refractivity contribution in [2.75, 3.05) is 13.1 Å². The minimum atomic E-state index is -0.778. The van der Waals surface area contributed by atoms with Crippen molar-refractivity contribution in [3.63, 3.8) is 0 Å². The maximum atomic E-state index is 11.5. The number of carbonyl (C=O) groups excluding carboxylic acids is 1. The number of amides is 2. The van der Waals surface area contributed by atoms with Gasteiger partial charge < -0.3 is 15.7 Å². The summed E-state index contributed by atoms with van der Waals surface area (Å²) in [6, 6.07) is -0.137. The molecular weight excluding hydrogens is 244 g/mol. The van der Waals surface area contributed by atoms with Crippen molar-refractivity contribution in [2.24, 2.45) is 17.8 Å². The second-order valence-corrected chi connectivity index (χ2v) is 5.80. The molecule has 3 unspecified atom stereocenters. The highest BCUT2D eigenvalue weighted by molar-refractivity contribution is 5.73. The van der Waals surface area contributed by atoms with Crippen LogP contribution in [0.4, 0.5) is 4.79 Å². The third kappa shape index (κ3) is 6.45. The predicted molar refractivity (Wildman–Crippen MR) is 73.9 cm³/mol. The number of hydrogen-bond acceptors (Lipinski definition) is 2. The third-order valence-electron chi connectivity index (χ3n) is 3.88. The summed E-state index contributed by atoms with van der Waals surface area (Å²) in [7, 11) is 0. The lowest BCUT2D eigenvalue weighted by atomic mass is 10.1. The zero-order chi connectivity index (χ0) is 14.3. The number of urea groups is 1. The van der Waals surface area contributed by atoms with Gasteiger partial charge in [0.05, 0.1) is 5.92 Å². The number of carbonyl (C=O) groups is 2. The fourth-order valence-electron chi connectivity index (χ4n) is 2.54. The Kier molecular flexibility index (Phi) is 6.67. The van der Waals surface area contributed by atoms with Gasteiger partial charge in [-0.25, -0.2) is 4.79 Å². The number of hydrogen-bond donors (Lipinski definition) is 3. The number of rotatable bonds is 7. The van der Waals surface area contributed by atoms with Crippen molar-refractivity contribution >= 4 is 12.0 Å². The summed E-state index contributed by atoms with van der Waals surface area (Å²) >= 11 is 0. The maximum Gasteiger partial charge on any atom is 0.314 e. The van der Waals surface area contributed by atoms with E-state index < -0.39 is 5.97 Å². The van der Waals surface area contributed by atoms with Gasteiger partial charge >= 0.3 is 12.0 Å². The van der Waals surface area contributed by atoms with E-state index in [0.717, 1.165) is 12.5 Å². The van der Waals surface area contributed by atoms with Crippen LogP contribution in [0.2, 0.25) is 0 Å². The van der Waals surface area contributed by atoms with E-state index >= 15 is 0 Å². The Labute approximate surface area is 115 Å². The summed E-state index contributed by atoms with van der Waals surface area (Å²) in [5, 5.41) is 14.4. The van der Waals surface area contributed by atoms with E-state index in [1.807, 2.05) is 0 Å². The first-order valence-corrected chi connectivity index (χ1v) is 7.23. The minimum Gasteiger partial charge on any atom is -0.481 e. The topological polar surface area (TPSA) is 78.4 Å². The molecule has 3 N–H and O–H groups in total. The highest BCUT2D eigenvalue weighted by Crippen LogP contribution is 2.29. The molecule has 0 radical (unpaired) electrons. The van der Waals surface area contributed by atoms with Gasteiger partial charge in [-0.15, -0.1) is 0 Å². The Morgan fingerprint density at radius 3 is 2.63 bits per heavy atom. The Hall–Kier alpha value is -1.26. The summed E-state index contributed by atoms with van der Waals surface area (Å²) in [6.45, 7) is 5.22. The lowest BCUT2D eigenvalue weighted by Crippen LogP contribution is -2.38. The van der Waals surface area contributed by atoms with Gasteiger partial charge in [0.15, 0.2) is 0 Å². The second-order valence-electron chi connectivity index (χ2n) is 5.80. The molecule has 3 atom stereocenters. The van der Waals surface area contributed by atoms with Gasteiger partial charge in [0.25, 0.3) is 0 Å². The van der Waals surface area contributed by atoms with Crippen LogP contribution in [0.3, 0.4) is 0 Å². The summed E-state index contributed by atoms with van der Waals surface area (Å²) in [6.07, 6.45) is 4.96. The molecule has 0 bridgehead atoms. The van der Waals surface area contributed by atoms with Crippen LogP contribution in [0.5, 0.6) is 0 Å². The average Bonchev–Trinajstić information content (AvgIpc) is 2.77. The maximum absolute atomic E-state index is 11.5. The zero-order valence-corrected chi connectivity index (χ0v) is 11.9. The lowest BCUT2D eigenvalue weighted by Gasteiger charge is -2.12. The Morgan fingerprint density at radius 2 is 2.05 bits per heavy atom. The van der Waals surface area contributed by atoms with E-state index in [-0.39, 0.29) is 11.9 Å². The Balaban J connectivity index is 2.00. The van der Waals surface area contributed by atoms with E-state index in [2.05, 4.69) is 17.6 Å². The molecular formula is C14H26N2O3. The molecule has 1 aliphatic rings. The molecule has 0 aromatic carbocycles. The van der Waals surface area contributed by atoms with Crippen molar-refractivity contribution < 1.29 is 14.7 Å². The van der Waals surface area contributed by atoms with Crippen molar-refractivity contribution in [3.8, 4) is 0 Å². The van der Waals surface area contributed by atoms with Gasteiger partial charge in [0.1, 0.15) is 0 Å². The molecule has 0 aromatic rings. The van der Waals surface area contributed by atoms with Gasteiger partial charge in [0.2, 0.25) is 0 Å². The van der Waals surface area contributed by atoms with Crippen LogP contribution in [0.15, 0.2) is 0 Å². The lowest BCUT2D eigenvalue weighted by molar-refractivity contribution is -0.141. The van der Waals surface area contributed by atoms with Crippen LogP contribution in [0.1, 0.15) is 46.0 Å². The SMILES string of the molecule is CC1CCC(CNC(=O)NCCCC(C)C(=O)O)C1. The smallest absolute Gasteiger partial charge is 0.314 e. The fraction of sp³-hybridized carbons (Fsp3) is 0.857. The van der Waals surface area contributed by atoms with E-state index in [9.17, 15) is 9.59 Å². The second kappa shape index (κ2) is 8.02. The van der Waals surface area contributed by atoms with E-state index in [1.54, 1.807) is 6.92 Å². The summed E-state index contributed by atoms with van der Waals surface area (Å²) in [5.74, 6) is 0.282. The van der Waals surface area contributed by atoms with Crippen molar-refractivity contribution in [2.45, 2.75) is 46.0 Å². The predicted octanol–water partition coefficient (Wildman–Crippen LogP) is 2.22. The monoisotopic (exact) mass is 270 g/mol. The normalized spacial score (nSPS) is 23.9. The summed E-state index contributed by atoms with van der Waals surface area (Å²) in [5.41, 5.74) is 0. The molecule has 1 saturated carbocycles. The number of carboxylic acid groups (broad SMARTS) is 1. The Morgan fingerprint density at radius 1 is 1.32 bits per heavy atom. The third-order valence-corrected chi connectivity index (χ3v) is 3.88. The Bertz CT molecular complexity index is 307. The van der Waals surface area contributed by atoms with Gasteiger partial charge in [-0.2, -0.15) is 0 Å². The highest BCUT2D eigenvalue weighted by atomic mass is 16.4. The van der Waals surface area contributed by atoms with Crippen molar-refractivity contribution in [1.29, 1.82) is 0 Å². The summed E-state index contributed by atoms with van der Waals surface area (Å²) in [4.78, 5) is 22.1. The first-order valence-electron chi connectivity index (χ1n) is 7.23. The number of nitrogens with one attached hydrogen (secondary N) is 2. The van der Waals surface area contributed by atoms with Gasteiger partial charge in [-0.05, 0) is 37.5 Å². The van der Waals surface area contributed by atoms with Gasteiger partial charge in [-0.3, -0.25) is 4.79 Å². The molecule has 1 rings (SSSR count). The molecule has 0 spiro atoms. The van der Waals surface area contributed by atoms with Crippen LogP contribution >= 0.6 is 0 Å². The standard InChI is InChI=1S/C14H26N2O3/c1-10-5-6-12(8-10)9-16-14(19)15-7-3-4-11(2)13(17)18/h10-12H,3-9H2,1-2H3,(H,17,18)(H2,15,16,19). The van der Waals surface area contributed by atoms with Crippen LogP contribution in [0.25, 0.3) is 0 Å². The van der Waals surface area contributed by atoms with Crippen molar-refractivity contribution in [1.82, 2.24) is 10.6 Å².